The first-order valence-electron chi connectivity index (χ1n) is 9.15. The molecule has 0 unspecified atom stereocenters. The van der Waals surface area contributed by atoms with Crippen LogP contribution in [0.25, 0.3) is 10.2 Å². The van der Waals surface area contributed by atoms with E-state index in [0.29, 0.717) is 13.1 Å². The monoisotopic (exact) mass is 368 g/mol. The second-order valence-corrected chi connectivity index (χ2v) is 8.34. The molecule has 0 spiro atoms. The number of hydrogen-bond donors (Lipinski definition) is 1. The van der Waals surface area contributed by atoms with E-state index < -0.39 is 0 Å². The summed E-state index contributed by atoms with van der Waals surface area (Å²) in [5.74, 6) is -0.0193. The SMILES string of the molecule is Cc1cccc(Cn2c(C(=O)NC[C@@H]3CCCO3)cc3sc(C)cc32)c1. The summed E-state index contributed by atoms with van der Waals surface area (Å²) < 4.78 is 8.92. The van der Waals surface area contributed by atoms with Crippen LogP contribution in [0.4, 0.5) is 0 Å². The molecule has 1 atom stereocenters. The van der Waals surface area contributed by atoms with Gasteiger partial charge in [-0.2, -0.15) is 0 Å². The zero-order valence-corrected chi connectivity index (χ0v) is 16.1. The molecule has 3 heterocycles. The van der Waals surface area contributed by atoms with Crippen molar-refractivity contribution in [2.75, 3.05) is 13.2 Å². The predicted molar refractivity (Wildman–Crippen MR) is 106 cm³/mol. The average molecular weight is 369 g/mol. The smallest absolute Gasteiger partial charge is 0.268 e. The van der Waals surface area contributed by atoms with Gasteiger partial charge in [0.2, 0.25) is 0 Å². The van der Waals surface area contributed by atoms with Gasteiger partial charge >= 0.3 is 0 Å². The number of nitrogens with one attached hydrogen (secondary N) is 1. The number of aryl methyl sites for hydroxylation is 2. The third-order valence-corrected chi connectivity index (χ3v) is 5.87. The minimum atomic E-state index is -0.0193. The van der Waals surface area contributed by atoms with Crippen molar-refractivity contribution in [1.82, 2.24) is 9.88 Å². The van der Waals surface area contributed by atoms with Gasteiger partial charge in [0.15, 0.2) is 0 Å². The van der Waals surface area contributed by atoms with Gasteiger partial charge in [-0.1, -0.05) is 29.8 Å². The van der Waals surface area contributed by atoms with Crippen LogP contribution in [0.15, 0.2) is 36.4 Å². The number of benzene rings is 1. The Hall–Kier alpha value is -2.11. The summed E-state index contributed by atoms with van der Waals surface area (Å²) in [6.45, 7) is 6.29. The third kappa shape index (κ3) is 3.55. The number of ether oxygens (including phenoxy) is 1. The Balaban J connectivity index is 1.62. The topological polar surface area (TPSA) is 43.3 Å². The zero-order valence-electron chi connectivity index (χ0n) is 15.2. The van der Waals surface area contributed by atoms with E-state index in [0.717, 1.165) is 35.4 Å². The molecule has 2 aromatic heterocycles. The van der Waals surface area contributed by atoms with Crippen molar-refractivity contribution in [3.8, 4) is 0 Å². The molecule has 1 aliphatic heterocycles. The standard InChI is InChI=1S/C21H24N2O2S/c1-14-5-3-6-16(9-14)13-23-18-10-15(2)26-20(18)11-19(23)21(24)22-12-17-7-4-8-25-17/h3,5-6,9-11,17H,4,7-8,12-13H2,1-2H3,(H,22,24)/t17-/m0/s1. The maximum absolute atomic E-state index is 12.8. The lowest BCUT2D eigenvalue weighted by atomic mass is 10.1. The lowest BCUT2D eigenvalue weighted by molar-refractivity contribution is 0.0851. The van der Waals surface area contributed by atoms with Crippen molar-refractivity contribution in [2.24, 2.45) is 0 Å². The van der Waals surface area contributed by atoms with Crippen LogP contribution in [0.3, 0.4) is 0 Å². The lowest BCUT2D eigenvalue weighted by Gasteiger charge is -2.13. The van der Waals surface area contributed by atoms with Crippen molar-refractivity contribution < 1.29 is 9.53 Å². The highest BCUT2D eigenvalue weighted by Gasteiger charge is 2.20. The molecule has 0 radical (unpaired) electrons. The molecular weight excluding hydrogens is 344 g/mol. The van der Waals surface area contributed by atoms with Crippen LogP contribution in [0.5, 0.6) is 0 Å². The summed E-state index contributed by atoms with van der Waals surface area (Å²) in [4.78, 5) is 14.1. The number of hydrogen-bond acceptors (Lipinski definition) is 3. The molecule has 0 bridgehead atoms. The van der Waals surface area contributed by atoms with Gasteiger partial charge in [0.25, 0.3) is 5.91 Å². The highest BCUT2D eigenvalue weighted by atomic mass is 32.1. The van der Waals surface area contributed by atoms with Gasteiger partial charge in [0.05, 0.1) is 16.3 Å². The minimum absolute atomic E-state index is 0.0193. The normalized spacial score (nSPS) is 17.1. The van der Waals surface area contributed by atoms with Crippen LogP contribution in [-0.4, -0.2) is 29.7 Å². The molecule has 3 aromatic rings. The maximum Gasteiger partial charge on any atom is 0.268 e. The number of aromatic nitrogens is 1. The first-order chi connectivity index (χ1) is 12.6. The fourth-order valence-corrected chi connectivity index (χ4v) is 4.58. The van der Waals surface area contributed by atoms with Crippen molar-refractivity contribution in [3.63, 3.8) is 0 Å². The first kappa shape index (κ1) is 17.3. The molecule has 1 saturated heterocycles. The zero-order chi connectivity index (χ0) is 18.1. The molecule has 4 rings (SSSR count). The van der Waals surface area contributed by atoms with E-state index in [1.807, 2.05) is 6.07 Å². The van der Waals surface area contributed by atoms with E-state index in [1.165, 1.54) is 16.0 Å². The molecule has 4 nitrogen and oxygen atoms in total. The third-order valence-electron chi connectivity index (χ3n) is 4.88. The van der Waals surface area contributed by atoms with E-state index in [1.54, 1.807) is 11.3 Å². The Bertz CT molecular complexity index is 935. The molecule has 26 heavy (non-hydrogen) atoms. The summed E-state index contributed by atoms with van der Waals surface area (Å²) in [5.41, 5.74) is 4.30. The minimum Gasteiger partial charge on any atom is -0.376 e. The van der Waals surface area contributed by atoms with Gasteiger partial charge in [-0.3, -0.25) is 4.79 Å². The number of thiophene rings is 1. The Kier molecular flexibility index (Phi) is 4.83. The summed E-state index contributed by atoms with van der Waals surface area (Å²) in [5, 5.41) is 3.06. The fraction of sp³-hybridized carbons (Fsp3) is 0.381. The maximum atomic E-state index is 12.8. The predicted octanol–water partition coefficient (Wildman–Crippen LogP) is 4.28. The molecule has 1 amide bonds. The summed E-state index contributed by atoms with van der Waals surface area (Å²) in [7, 11) is 0. The van der Waals surface area contributed by atoms with Crippen molar-refractivity contribution in [3.05, 3.63) is 58.1 Å². The largest absolute Gasteiger partial charge is 0.376 e. The molecule has 1 aromatic carbocycles. The van der Waals surface area contributed by atoms with Gasteiger partial charge in [0, 0.05) is 24.6 Å². The highest BCUT2D eigenvalue weighted by molar-refractivity contribution is 7.19. The number of carbonyl (C=O) groups is 1. The van der Waals surface area contributed by atoms with Crippen LogP contribution in [0.2, 0.25) is 0 Å². The van der Waals surface area contributed by atoms with E-state index >= 15 is 0 Å². The molecule has 0 saturated carbocycles. The van der Waals surface area contributed by atoms with Gasteiger partial charge in [-0.25, -0.2) is 0 Å². The molecule has 0 aliphatic carbocycles. The number of nitrogens with zero attached hydrogens (tertiary/aromatic N) is 1. The van der Waals surface area contributed by atoms with E-state index in [9.17, 15) is 4.79 Å². The van der Waals surface area contributed by atoms with Crippen molar-refractivity contribution >= 4 is 27.5 Å². The summed E-state index contributed by atoms with van der Waals surface area (Å²) >= 11 is 1.74. The number of carbonyl (C=O) groups excluding carboxylic acids is 1. The number of fused-ring (bicyclic) bond motifs is 1. The quantitative estimate of drug-likeness (QED) is 0.731. The Labute approximate surface area is 157 Å². The van der Waals surface area contributed by atoms with E-state index in [-0.39, 0.29) is 12.0 Å². The number of amides is 1. The van der Waals surface area contributed by atoms with Crippen LogP contribution in [0.1, 0.15) is 39.3 Å². The number of rotatable bonds is 5. The molecule has 1 aliphatic rings. The fourth-order valence-electron chi connectivity index (χ4n) is 3.62. The Morgan fingerprint density at radius 3 is 2.96 bits per heavy atom. The molecule has 1 fully saturated rings. The van der Waals surface area contributed by atoms with Gasteiger partial charge in [-0.15, -0.1) is 11.3 Å². The molecule has 5 heteroatoms. The van der Waals surface area contributed by atoms with Crippen LogP contribution < -0.4 is 5.32 Å². The van der Waals surface area contributed by atoms with Gasteiger partial charge in [0.1, 0.15) is 5.69 Å². The molecule has 1 N–H and O–H groups in total. The Morgan fingerprint density at radius 1 is 1.31 bits per heavy atom. The average Bonchev–Trinajstić information content (AvgIpc) is 3.31. The molecular formula is C21H24N2O2S. The second kappa shape index (κ2) is 7.25. The van der Waals surface area contributed by atoms with Gasteiger partial charge < -0.3 is 14.6 Å². The van der Waals surface area contributed by atoms with Gasteiger partial charge in [-0.05, 0) is 44.4 Å². The van der Waals surface area contributed by atoms with Crippen molar-refractivity contribution in [1.29, 1.82) is 0 Å². The first-order valence-corrected chi connectivity index (χ1v) is 9.97. The lowest BCUT2D eigenvalue weighted by Crippen LogP contribution is -2.33. The van der Waals surface area contributed by atoms with E-state index in [4.69, 9.17) is 4.74 Å². The van der Waals surface area contributed by atoms with E-state index in [2.05, 4.69) is 54.1 Å². The second-order valence-electron chi connectivity index (χ2n) is 7.06. The summed E-state index contributed by atoms with van der Waals surface area (Å²) in [6.07, 6.45) is 2.26. The van der Waals surface area contributed by atoms with Crippen LogP contribution >= 0.6 is 11.3 Å². The highest BCUT2D eigenvalue weighted by Crippen LogP contribution is 2.29. The molecule has 136 valence electrons. The van der Waals surface area contributed by atoms with Crippen molar-refractivity contribution in [2.45, 2.75) is 39.3 Å². The summed E-state index contributed by atoms with van der Waals surface area (Å²) in [6, 6.07) is 12.7. The van der Waals surface area contributed by atoms with Crippen LogP contribution in [0, 0.1) is 13.8 Å². The van der Waals surface area contributed by atoms with Crippen LogP contribution in [-0.2, 0) is 11.3 Å². The Morgan fingerprint density at radius 2 is 2.19 bits per heavy atom.